The molecule has 3 heteroatoms. The van der Waals surface area contributed by atoms with Crippen molar-refractivity contribution in [3.05, 3.63) is 29.8 Å². The molecule has 1 aromatic carbocycles. The molecule has 112 valence electrons. The molecule has 3 nitrogen and oxygen atoms in total. The summed E-state index contributed by atoms with van der Waals surface area (Å²) in [5.41, 5.74) is 7.55. The third-order valence-electron chi connectivity index (χ3n) is 5.08. The standard InChI is InChI=1S/C17H28N2O/c1-4-17(5-2,13-18)19(3)12-14-10-11-20-16-9-7-6-8-15(14)16/h6-9,14H,4-5,10-13,18H2,1-3H3. The molecule has 0 spiro atoms. The Hall–Kier alpha value is -1.06. The van der Waals surface area contributed by atoms with Crippen LogP contribution in [0.2, 0.25) is 0 Å². The number of para-hydroxylation sites is 1. The van der Waals surface area contributed by atoms with Crippen LogP contribution in [-0.4, -0.2) is 37.2 Å². The fourth-order valence-electron chi connectivity index (χ4n) is 3.36. The molecule has 20 heavy (non-hydrogen) atoms. The van der Waals surface area contributed by atoms with Crippen LogP contribution < -0.4 is 10.5 Å². The zero-order valence-electron chi connectivity index (χ0n) is 13.1. The third kappa shape index (κ3) is 2.84. The Labute approximate surface area is 123 Å². The van der Waals surface area contributed by atoms with Crippen molar-refractivity contribution in [2.75, 3.05) is 26.7 Å². The quantitative estimate of drug-likeness (QED) is 0.868. The smallest absolute Gasteiger partial charge is 0.122 e. The SMILES string of the molecule is CCC(CC)(CN)N(C)CC1CCOc2ccccc21. The highest BCUT2D eigenvalue weighted by molar-refractivity contribution is 5.38. The van der Waals surface area contributed by atoms with Gasteiger partial charge in [-0.05, 0) is 37.9 Å². The maximum atomic E-state index is 6.06. The van der Waals surface area contributed by atoms with Crippen LogP contribution in [0.1, 0.15) is 44.6 Å². The Morgan fingerprint density at radius 2 is 2.00 bits per heavy atom. The van der Waals surface area contributed by atoms with E-state index in [1.54, 1.807) is 0 Å². The molecule has 2 rings (SSSR count). The van der Waals surface area contributed by atoms with Gasteiger partial charge >= 0.3 is 0 Å². The highest BCUT2D eigenvalue weighted by Crippen LogP contribution is 2.35. The molecule has 1 aromatic rings. The van der Waals surface area contributed by atoms with Crippen molar-refractivity contribution in [1.29, 1.82) is 0 Å². The zero-order valence-corrected chi connectivity index (χ0v) is 13.1. The van der Waals surface area contributed by atoms with Gasteiger partial charge in [0.15, 0.2) is 0 Å². The predicted octanol–water partition coefficient (Wildman–Crippen LogP) is 3.00. The molecule has 0 saturated heterocycles. The summed E-state index contributed by atoms with van der Waals surface area (Å²) < 4.78 is 5.76. The van der Waals surface area contributed by atoms with Crippen molar-refractivity contribution in [3.8, 4) is 5.75 Å². The highest BCUT2D eigenvalue weighted by atomic mass is 16.5. The fourth-order valence-corrected chi connectivity index (χ4v) is 3.36. The summed E-state index contributed by atoms with van der Waals surface area (Å²) in [6.07, 6.45) is 3.29. The largest absolute Gasteiger partial charge is 0.493 e. The molecule has 0 amide bonds. The van der Waals surface area contributed by atoms with Crippen LogP contribution >= 0.6 is 0 Å². The number of nitrogens with zero attached hydrogens (tertiary/aromatic N) is 1. The van der Waals surface area contributed by atoms with E-state index in [4.69, 9.17) is 10.5 Å². The van der Waals surface area contributed by atoms with Crippen molar-refractivity contribution >= 4 is 0 Å². The Morgan fingerprint density at radius 1 is 1.30 bits per heavy atom. The van der Waals surface area contributed by atoms with E-state index in [2.05, 4.69) is 44.0 Å². The maximum absolute atomic E-state index is 6.06. The molecule has 0 aromatic heterocycles. The fraction of sp³-hybridized carbons (Fsp3) is 0.647. The second-order valence-electron chi connectivity index (χ2n) is 5.89. The second kappa shape index (κ2) is 6.59. The summed E-state index contributed by atoms with van der Waals surface area (Å²) >= 11 is 0. The topological polar surface area (TPSA) is 38.5 Å². The number of fused-ring (bicyclic) bond motifs is 1. The molecule has 1 heterocycles. The monoisotopic (exact) mass is 276 g/mol. The molecule has 0 radical (unpaired) electrons. The molecule has 1 aliphatic rings. The first-order valence-electron chi connectivity index (χ1n) is 7.80. The molecule has 1 atom stereocenters. The second-order valence-corrected chi connectivity index (χ2v) is 5.89. The van der Waals surface area contributed by atoms with Gasteiger partial charge in [-0.25, -0.2) is 0 Å². The molecule has 0 saturated carbocycles. The summed E-state index contributed by atoms with van der Waals surface area (Å²) in [6.45, 7) is 7.08. The number of rotatable bonds is 6. The minimum absolute atomic E-state index is 0.132. The molecule has 0 fully saturated rings. The number of ether oxygens (including phenoxy) is 1. The van der Waals surface area contributed by atoms with E-state index in [1.807, 2.05) is 6.07 Å². The van der Waals surface area contributed by atoms with Crippen molar-refractivity contribution in [2.24, 2.45) is 5.73 Å². The Balaban J connectivity index is 2.15. The maximum Gasteiger partial charge on any atom is 0.122 e. The van der Waals surface area contributed by atoms with Gasteiger partial charge in [-0.15, -0.1) is 0 Å². The van der Waals surface area contributed by atoms with E-state index in [1.165, 1.54) is 5.56 Å². The first-order chi connectivity index (χ1) is 9.66. The highest BCUT2D eigenvalue weighted by Gasteiger charge is 2.32. The predicted molar refractivity (Wildman–Crippen MR) is 84.3 cm³/mol. The van der Waals surface area contributed by atoms with Crippen molar-refractivity contribution in [2.45, 2.75) is 44.6 Å². The Morgan fingerprint density at radius 3 is 2.65 bits per heavy atom. The van der Waals surface area contributed by atoms with Gasteiger partial charge in [0.05, 0.1) is 6.61 Å². The minimum Gasteiger partial charge on any atom is -0.493 e. The van der Waals surface area contributed by atoms with Crippen LogP contribution in [0.15, 0.2) is 24.3 Å². The molecule has 0 bridgehead atoms. The molecule has 1 aliphatic heterocycles. The van der Waals surface area contributed by atoms with Gasteiger partial charge < -0.3 is 10.5 Å². The van der Waals surface area contributed by atoms with E-state index in [9.17, 15) is 0 Å². The summed E-state index contributed by atoms with van der Waals surface area (Å²) in [5, 5.41) is 0. The van der Waals surface area contributed by atoms with E-state index in [0.29, 0.717) is 5.92 Å². The lowest BCUT2D eigenvalue weighted by molar-refractivity contribution is 0.100. The van der Waals surface area contributed by atoms with Crippen molar-refractivity contribution in [3.63, 3.8) is 0 Å². The first-order valence-corrected chi connectivity index (χ1v) is 7.80. The van der Waals surface area contributed by atoms with E-state index >= 15 is 0 Å². The molecule has 2 N–H and O–H groups in total. The Bertz CT molecular complexity index is 420. The van der Waals surface area contributed by atoms with Gasteiger partial charge in [0, 0.05) is 24.5 Å². The number of nitrogens with two attached hydrogens (primary N) is 1. The van der Waals surface area contributed by atoms with Gasteiger partial charge in [0.25, 0.3) is 0 Å². The molecular weight excluding hydrogens is 248 g/mol. The molecule has 0 aliphatic carbocycles. The van der Waals surface area contributed by atoms with E-state index < -0.39 is 0 Å². The van der Waals surface area contributed by atoms with E-state index in [0.717, 1.165) is 44.7 Å². The summed E-state index contributed by atoms with van der Waals surface area (Å²) in [7, 11) is 2.22. The van der Waals surface area contributed by atoms with Crippen molar-refractivity contribution in [1.82, 2.24) is 4.90 Å². The van der Waals surface area contributed by atoms with E-state index in [-0.39, 0.29) is 5.54 Å². The van der Waals surface area contributed by atoms with Crippen molar-refractivity contribution < 1.29 is 4.74 Å². The lowest BCUT2D eigenvalue weighted by atomic mass is 9.87. The number of hydrogen-bond donors (Lipinski definition) is 1. The third-order valence-corrected chi connectivity index (χ3v) is 5.08. The van der Waals surface area contributed by atoms with Crippen LogP contribution in [0.25, 0.3) is 0 Å². The van der Waals surface area contributed by atoms with Crippen LogP contribution in [-0.2, 0) is 0 Å². The normalized spacial score (nSPS) is 18.8. The minimum atomic E-state index is 0.132. The van der Waals surface area contributed by atoms with Crippen LogP contribution in [0, 0.1) is 0 Å². The number of benzene rings is 1. The van der Waals surface area contributed by atoms with Crippen LogP contribution in [0.3, 0.4) is 0 Å². The summed E-state index contributed by atoms with van der Waals surface area (Å²) in [4.78, 5) is 2.47. The average Bonchev–Trinajstić information content (AvgIpc) is 2.50. The lowest BCUT2D eigenvalue weighted by Gasteiger charge is -2.42. The van der Waals surface area contributed by atoms with Gasteiger partial charge in [-0.3, -0.25) is 4.90 Å². The summed E-state index contributed by atoms with van der Waals surface area (Å²) in [6, 6.07) is 8.44. The number of likely N-dealkylation sites (N-methyl/N-ethyl adjacent to an activating group) is 1. The lowest BCUT2D eigenvalue weighted by Crippen LogP contribution is -2.52. The molecular formula is C17H28N2O. The average molecular weight is 276 g/mol. The number of hydrogen-bond acceptors (Lipinski definition) is 3. The van der Waals surface area contributed by atoms with Crippen LogP contribution in [0.4, 0.5) is 0 Å². The zero-order chi connectivity index (χ0) is 14.6. The van der Waals surface area contributed by atoms with Gasteiger partial charge in [-0.1, -0.05) is 32.0 Å². The van der Waals surface area contributed by atoms with Crippen LogP contribution in [0.5, 0.6) is 5.75 Å². The summed E-state index contributed by atoms with van der Waals surface area (Å²) in [5.74, 6) is 1.61. The van der Waals surface area contributed by atoms with Gasteiger partial charge in [0.1, 0.15) is 5.75 Å². The first kappa shape index (κ1) is 15.3. The molecule has 1 unspecified atom stereocenters. The van der Waals surface area contributed by atoms with Gasteiger partial charge in [-0.2, -0.15) is 0 Å². The Kier molecular flexibility index (Phi) is 5.06. The van der Waals surface area contributed by atoms with Gasteiger partial charge in [0.2, 0.25) is 0 Å².